The number of fused-ring (bicyclic) bond motifs is 1. The predicted octanol–water partition coefficient (Wildman–Crippen LogP) is 4.10. The van der Waals surface area contributed by atoms with Gasteiger partial charge in [-0.25, -0.2) is 4.79 Å². The summed E-state index contributed by atoms with van der Waals surface area (Å²) in [5, 5.41) is 1.34. The summed E-state index contributed by atoms with van der Waals surface area (Å²) in [5.41, 5.74) is 1.15. The Bertz CT molecular complexity index is 903. The third-order valence-electron chi connectivity index (χ3n) is 3.67. The lowest BCUT2D eigenvalue weighted by Crippen LogP contribution is -2.00. The van der Waals surface area contributed by atoms with E-state index in [4.69, 9.17) is 13.9 Å². The summed E-state index contributed by atoms with van der Waals surface area (Å²) in [6, 6.07) is 6.99. The zero-order valence-corrected chi connectivity index (χ0v) is 14.6. The first kappa shape index (κ1) is 16.6. The number of aromatic nitrogens is 2. The maximum Gasteiger partial charge on any atom is 0.336 e. The largest absolute Gasteiger partial charge is 0.430 e. The number of nitrogens with zero attached hydrogens (tertiary/aromatic N) is 2. The molecule has 0 fully saturated rings. The van der Waals surface area contributed by atoms with E-state index in [1.54, 1.807) is 19.2 Å². The molecule has 1 atom stereocenters. The smallest absolute Gasteiger partial charge is 0.336 e. The zero-order valence-electron chi connectivity index (χ0n) is 13.7. The molecule has 0 amide bonds. The van der Waals surface area contributed by atoms with Crippen molar-refractivity contribution in [2.45, 2.75) is 32.8 Å². The van der Waals surface area contributed by atoms with Crippen molar-refractivity contribution in [3.8, 4) is 10.9 Å². The molecular weight excluding hydrogens is 328 g/mol. The van der Waals surface area contributed by atoms with E-state index in [-0.39, 0.29) is 11.7 Å². The molecule has 0 aliphatic heterocycles. The normalized spacial score (nSPS) is 12.5. The molecule has 24 heavy (non-hydrogen) atoms. The highest BCUT2D eigenvalue weighted by Gasteiger charge is 2.13. The van der Waals surface area contributed by atoms with Crippen molar-refractivity contribution < 1.29 is 13.9 Å². The van der Waals surface area contributed by atoms with Crippen LogP contribution in [0, 0.1) is 0 Å². The van der Waals surface area contributed by atoms with Crippen molar-refractivity contribution in [2.24, 2.45) is 0 Å². The fraction of sp³-hybridized carbons (Fsp3) is 0.353. The Morgan fingerprint density at radius 3 is 2.92 bits per heavy atom. The highest BCUT2D eigenvalue weighted by Crippen LogP contribution is 2.29. The van der Waals surface area contributed by atoms with Gasteiger partial charge in [0.05, 0.1) is 0 Å². The number of ether oxygens (including phenoxy) is 2. The van der Waals surface area contributed by atoms with Crippen molar-refractivity contribution in [1.29, 1.82) is 0 Å². The van der Waals surface area contributed by atoms with E-state index in [1.807, 2.05) is 19.1 Å². The van der Waals surface area contributed by atoms with Crippen LogP contribution in [0.3, 0.4) is 0 Å². The van der Waals surface area contributed by atoms with Crippen LogP contribution in [-0.4, -0.2) is 16.5 Å². The van der Waals surface area contributed by atoms with Gasteiger partial charge in [0.15, 0.2) is 5.82 Å². The van der Waals surface area contributed by atoms with Gasteiger partial charge >= 0.3 is 5.63 Å². The molecule has 1 aromatic carbocycles. The van der Waals surface area contributed by atoms with E-state index >= 15 is 0 Å². The first-order valence-corrected chi connectivity index (χ1v) is 8.49. The molecule has 0 spiro atoms. The molecule has 3 aromatic rings. The van der Waals surface area contributed by atoms with Gasteiger partial charge in [0.2, 0.25) is 0 Å². The second-order valence-electron chi connectivity index (χ2n) is 5.40. The Balaban J connectivity index is 1.90. The predicted molar refractivity (Wildman–Crippen MR) is 91.9 cm³/mol. The van der Waals surface area contributed by atoms with Gasteiger partial charge < -0.3 is 13.9 Å². The van der Waals surface area contributed by atoms with Crippen LogP contribution in [0.25, 0.3) is 11.0 Å². The number of aryl methyl sites for hydroxylation is 1. The number of hydrogen-bond donors (Lipinski definition) is 0. The SMILES string of the molecule is CCCc1cc(=O)oc2cc(Oc3nc([C@H](C)OC)ns3)ccc12. The third kappa shape index (κ3) is 3.47. The van der Waals surface area contributed by atoms with Gasteiger partial charge in [-0.05, 0) is 31.0 Å². The first-order chi connectivity index (χ1) is 11.6. The minimum absolute atomic E-state index is 0.190. The van der Waals surface area contributed by atoms with Crippen LogP contribution in [0.4, 0.5) is 0 Å². The van der Waals surface area contributed by atoms with E-state index in [9.17, 15) is 4.79 Å². The summed E-state index contributed by atoms with van der Waals surface area (Å²) >= 11 is 1.15. The molecule has 7 heteroatoms. The fourth-order valence-corrected chi connectivity index (χ4v) is 3.01. The number of methoxy groups -OCH3 is 1. The minimum Gasteiger partial charge on any atom is -0.430 e. The van der Waals surface area contributed by atoms with Crippen LogP contribution >= 0.6 is 11.5 Å². The Labute approximate surface area is 143 Å². The minimum atomic E-state index is -0.352. The van der Waals surface area contributed by atoms with Crippen LogP contribution in [0.1, 0.15) is 37.8 Å². The summed E-state index contributed by atoms with van der Waals surface area (Å²) in [7, 11) is 1.60. The third-order valence-corrected chi connectivity index (χ3v) is 4.28. The summed E-state index contributed by atoms with van der Waals surface area (Å²) in [6.07, 6.45) is 1.60. The monoisotopic (exact) mass is 346 g/mol. The van der Waals surface area contributed by atoms with Crippen LogP contribution in [0.15, 0.2) is 33.5 Å². The molecule has 0 radical (unpaired) electrons. The zero-order chi connectivity index (χ0) is 17.1. The molecule has 0 N–H and O–H groups in total. The maximum absolute atomic E-state index is 11.7. The quantitative estimate of drug-likeness (QED) is 0.626. The van der Waals surface area contributed by atoms with Crippen LogP contribution in [0.2, 0.25) is 0 Å². The number of rotatable bonds is 6. The van der Waals surface area contributed by atoms with E-state index in [0.717, 1.165) is 35.3 Å². The second kappa shape index (κ2) is 7.11. The van der Waals surface area contributed by atoms with Crippen LogP contribution in [0.5, 0.6) is 10.9 Å². The summed E-state index contributed by atoms with van der Waals surface area (Å²) in [5.74, 6) is 1.13. The van der Waals surface area contributed by atoms with Gasteiger partial charge in [0.1, 0.15) is 17.4 Å². The first-order valence-electron chi connectivity index (χ1n) is 7.71. The average molecular weight is 346 g/mol. The van der Waals surface area contributed by atoms with Crippen molar-refractivity contribution in [3.63, 3.8) is 0 Å². The summed E-state index contributed by atoms with van der Waals surface area (Å²) < 4.78 is 20.4. The molecule has 0 bridgehead atoms. The van der Waals surface area contributed by atoms with E-state index in [2.05, 4.69) is 16.3 Å². The second-order valence-corrected chi connectivity index (χ2v) is 6.11. The highest BCUT2D eigenvalue weighted by molar-refractivity contribution is 7.07. The van der Waals surface area contributed by atoms with E-state index < -0.39 is 0 Å². The lowest BCUT2D eigenvalue weighted by Gasteiger charge is -2.06. The van der Waals surface area contributed by atoms with Gasteiger partial charge in [-0.3, -0.25) is 0 Å². The van der Waals surface area contributed by atoms with Crippen LogP contribution in [-0.2, 0) is 11.2 Å². The lowest BCUT2D eigenvalue weighted by atomic mass is 10.1. The fourth-order valence-electron chi connectivity index (χ4n) is 2.38. The van der Waals surface area contributed by atoms with Gasteiger partial charge in [0, 0.05) is 36.2 Å². The number of benzene rings is 1. The Morgan fingerprint density at radius 2 is 2.17 bits per heavy atom. The molecule has 0 aliphatic rings. The van der Waals surface area contributed by atoms with Gasteiger partial charge in [-0.2, -0.15) is 9.36 Å². The van der Waals surface area contributed by atoms with Crippen molar-refractivity contribution >= 4 is 22.5 Å². The molecule has 3 rings (SSSR count). The van der Waals surface area contributed by atoms with E-state index in [1.165, 1.54) is 0 Å². The highest BCUT2D eigenvalue weighted by atomic mass is 32.1. The lowest BCUT2D eigenvalue weighted by molar-refractivity contribution is 0.113. The van der Waals surface area contributed by atoms with Gasteiger partial charge in [0.25, 0.3) is 5.19 Å². The average Bonchev–Trinajstić information content (AvgIpc) is 3.02. The molecule has 0 aliphatic carbocycles. The van der Waals surface area contributed by atoms with Gasteiger partial charge in [-0.1, -0.05) is 13.3 Å². The molecule has 0 saturated heterocycles. The summed E-state index contributed by atoms with van der Waals surface area (Å²) in [6.45, 7) is 3.94. The molecule has 0 saturated carbocycles. The standard InChI is InChI=1S/C17H18N2O4S/c1-4-5-11-8-15(20)23-14-9-12(6-7-13(11)14)22-17-18-16(19-24-17)10(2)21-3/h6-10H,4-5H2,1-3H3/t10-/m0/s1. The Hall–Kier alpha value is -2.25. The van der Waals surface area contributed by atoms with Crippen LogP contribution < -0.4 is 10.4 Å². The molecule has 0 unspecified atom stereocenters. The molecule has 2 aromatic heterocycles. The molecule has 6 nitrogen and oxygen atoms in total. The molecular formula is C17H18N2O4S. The van der Waals surface area contributed by atoms with Crippen molar-refractivity contribution in [3.05, 3.63) is 46.1 Å². The topological polar surface area (TPSA) is 74.5 Å². The Kier molecular flexibility index (Phi) is 4.92. The number of hydrogen-bond acceptors (Lipinski definition) is 7. The van der Waals surface area contributed by atoms with Crippen molar-refractivity contribution in [1.82, 2.24) is 9.36 Å². The van der Waals surface area contributed by atoms with E-state index in [0.29, 0.717) is 22.4 Å². The summed E-state index contributed by atoms with van der Waals surface area (Å²) in [4.78, 5) is 16.0. The molecule has 126 valence electrons. The van der Waals surface area contributed by atoms with Gasteiger partial charge in [-0.15, -0.1) is 0 Å². The maximum atomic E-state index is 11.7. The molecule has 2 heterocycles. The van der Waals surface area contributed by atoms with Crippen molar-refractivity contribution in [2.75, 3.05) is 7.11 Å². The Morgan fingerprint density at radius 1 is 1.33 bits per heavy atom.